The van der Waals surface area contributed by atoms with E-state index in [1.54, 1.807) is 0 Å². The first-order valence-electron chi connectivity index (χ1n) is 12.0. The third-order valence-electron chi connectivity index (χ3n) is 7.76. The van der Waals surface area contributed by atoms with Crippen LogP contribution in [0.15, 0.2) is 42.6 Å². The van der Waals surface area contributed by atoms with E-state index in [1.807, 2.05) is 13.8 Å². The second-order valence-electron chi connectivity index (χ2n) is 10.8. The number of benzene rings is 3. The number of aromatic nitrogens is 2. The topological polar surface area (TPSA) is 12.7 Å². The molecule has 0 aliphatic heterocycles. The highest BCUT2D eigenvalue weighted by atomic mass is 15.0. The van der Waals surface area contributed by atoms with Gasteiger partial charge in [-0.15, -0.1) is 0 Å². The summed E-state index contributed by atoms with van der Waals surface area (Å²) >= 11 is 0. The summed E-state index contributed by atoms with van der Waals surface area (Å²) in [5.41, 5.74) is 11.2. The maximum Gasteiger partial charge on any atom is 0.231 e. The van der Waals surface area contributed by atoms with Crippen molar-refractivity contribution in [1.29, 1.82) is 0 Å². The molecule has 34 heavy (non-hydrogen) atoms. The number of nitrogens with zero attached hydrogens (tertiary/aromatic N) is 3. The van der Waals surface area contributed by atoms with E-state index in [1.165, 1.54) is 76.8 Å². The van der Waals surface area contributed by atoms with Gasteiger partial charge in [-0.1, -0.05) is 17.7 Å². The minimum absolute atomic E-state index is 0.452. The first kappa shape index (κ1) is 20.9. The van der Waals surface area contributed by atoms with Crippen LogP contribution in [0.2, 0.25) is 0 Å². The van der Waals surface area contributed by atoms with Gasteiger partial charge in [-0.3, -0.25) is 0 Å². The molecule has 6 aromatic rings. The van der Waals surface area contributed by atoms with Crippen LogP contribution in [0, 0.1) is 34.3 Å². The van der Waals surface area contributed by atoms with Gasteiger partial charge in [-0.05, 0) is 73.5 Å². The zero-order chi connectivity index (χ0) is 24.1. The summed E-state index contributed by atoms with van der Waals surface area (Å²) < 4.78 is 4.81. The Balaban J connectivity index is 2.04. The summed E-state index contributed by atoms with van der Waals surface area (Å²) in [6.45, 7) is 20.8. The zero-order valence-corrected chi connectivity index (χ0v) is 21.1. The second-order valence-corrected chi connectivity index (χ2v) is 10.8. The monoisotopic (exact) mass is 444 g/mol. The minimum atomic E-state index is -0.452. The maximum absolute atomic E-state index is 7.79. The number of fused-ring (bicyclic) bond motifs is 6. The minimum Gasteiger partial charge on any atom is -0.311 e. The van der Waals surface area contributed by atoms with Crippen LogP contribution in [0.25, 0.3) is 53.8 Å². The van der Waals surface area contributed by atoms with E-state index >= 15 is 0 Å². The lowest BCUT2D eigenvalue weighted by Crippen LogP contribution is -2.29. The van der Waals surface area contributed by atoms with E-state index in [9.17, 15) is 0 Å². The van der Waals surface area contributed by atoms with Gasteiger partial charge in [0.25, 0.3) is 0 Å². The molecule has 3 aromatic carbocycles. The molecule has 0 unspecified atom stereocenters. The number of aryl methyl sites for hydroxylation is 5. The lowest BCUT2D eigenvalue weighted by Gasteiger charge is -2.18. The van der Waals surface area contributed by atoms with Crippen molar-refractivity contribution in [1.82, 2.24) is 4.40 Å². The van der Waals surface area contributed by atoms with Crippen molar-refractivity contribution in [3.05, 3.63) is 81.8 Å². The van der Waals surface area contributed by atoms with E-state index in [0.29, 0.717) is 0 Å². The Morgan fingerprint density at radius 1 is 0.912 bits per heavy atom. The van der Waals surface area contributed by atoms with Crippen LogP contribution in [0.3, 0.4) is 0 Å². The molecule has 168 valence electrons. The molecule has 3 nitrogen and oxygen atoms in total. The van der Waals surface area contributed by atoms with E-state index in [2.05, 4.69) is 91.2 Å². The molecule has 0 atom stereocenters. The second kappa shape index (κ2) is 6.70. The maximum atomic E-state index is 7.79. The van der Waals surface area contributed by atoms with Crippen molar-refractivity contribution in [2.24, 2.45) is 7.05 Å². The van der Waals surface area contributed by atoms with Crippen LogP contribution in [0.4, 0.5) is 0 Å². The van der Waals surface area contributed by atoms with Gasteiger partial charge < -0.3 is 9.25 Å². The molecule has 6 rings (SSSR count). The molecular formula is C31H30N3+. The molecule has 0 bridgehead atoms. The van der Waals surface area contributed by atoms with Crippen LogP contribution in [-0.4, -0.2) is 9.94 Å². The molecule has 3 aromatic heterocycles. The molecular weight excluding hydrogens is 414 g/mol. The van der Waals surface area contributed by atoms with E-state index in [0.717, 1.165) is 6.42 Å². The van der Waals surface area contributed by atoms with Crippen LogP contribution in [0.5, 0.6) is 0 Å². The van der Waals surface area contributed by atoms with Crippen LogP contribution < -0.4 is 4.57 Å². The Hall–Kier alpha value is -3.64. The molecule has 0 radical (unpaired) electrons. The summed E-state index contributed by atoms with van der Waals surface area (Å²) in [5, 5.41) is 6.50. The van der Waals surface area contributed by atoms with Crippen molar-refractivity contribution in [3.63, 3.8) is 0 Å². The Labute approximate surface area is 200 Å². The normalized spacial score (nSPS) is 12.6. The predicted octanol–water partition coefficient (Wildman–Crippen LogP) is 7.29. The highest BCUT2D eigenvalue weighted by Gasteiger charge is 2.30. The van der Waals surface area contributed by atoms with Gasteiger partial charge in [-0.25, -0.2) is 11.1 Å². The molecule has 0 fully saturated rings. The number of hydrogen-bond donors (Lipinski definition) is 0. The van der Waals surface area contributed by atoms with Gasteiger partial charge in [0.05, 0.1) is 33.7 Å². The quantitative estimate of drug-likeness (QED) is 0.115. The zero-order valence-electron chi connectivity index (χ0n) is 21.1. The first-order chi connectivity index (χ1) is 16.1. The van der Waals surface area contributed by atoms with Gasteiger partial charge >= 0.3 is 0 Å². The molecule has 0 saturated heterocycles. The summed E-state index contributed by atoms with van der Waals surface area (Å²) in [6.07, 6.45) is 2.92. The van der Waals surface area contributed by atoms with Crippen molar-refractivity contribution in [3.8, 4) is 0 Å². The number of hydrogen-bond acceptors (Lipinski definition) is 0. The highest BCUT2D eigenvalue weighted by Crippen LogP contribution is 2.44. The lowest BCUT2D eigenvalue weighted by atomic mass is 9.89. The van der Waals surface area contributed by atoms with Crippen LogP contribution >= 0.6 is 0 Å². The standard InChI is InChI=1S/C31H30N3/c1-17-9-10-24-23(13-17)26-22(16-31(5,6)32-7)15-21-11-12-33(8)29-25-20(4)18(2)14-19(3)28(25)34(24)30(26)27(21)29/h9-15H,16H2,1-6,8H3/q+1. The van der Waals surface area contributed by atoms with Gasteiger partial charge in [-0.2, -0.15) is 0 Å². The van der Waals surface area contributed by atoms with Crippen molar-refractivity contribution in [2.45, 2.75) is 53.5 Å². The smallest absolute Gasteiger partial charge is 0.231 e. The van der Waals surface area contributed by atoms with E-state index in [4.69, 9.17) is 6.57 Å². The number of rotatable bonds is 2. The Morgan fingerprint density at radius 2 is 1.68 bits per heavy atom. The van der Waals surface area contributed by atoms with E-state index in [-0.39, 0.29) is 0 Å². The van der Waals surface area contributed by atoms with Gasteiger partial charge in [0.1, 0.15) is 7.05 Å². The van der Waals surface area contributed by atoms with Gasteiger partial charge in [0, 0.05) is 30.7 Å². The summed E-state index contributed by atoms with van der Waals surface area (Å²) in [6, 6.07) is 13.8. The fraction of sp³-hybridized carbons (Fsp3) is 0.290. The fourth-order valence-corrected chi connectivity index (χ4v) is 6.09. The lowest BCUT2D eigenvalue weighted by molar-refractivity contribution is -0.643. The first-order valence-corrected chi connectivity index (χ1v) is 12.0. The van der Waals surface area contributed by atoms with Crippen LogP contribution in [-0.2, 0) is 13.5 Å². The SMILES string of the molecule is [C-]#[N+]C(C)(C)Cc1cc2cc[n+](C)c3c4c(C)c(C)cc(C)c4n4c5ccc(C)cc5c1c4c23. The van der Waals surface area contributed by atoms with E-state index < -0.39 is 5.54 Å². The Bertz CT molecular complexity index is 1860. The largest absolute Gasteiger partial charge is 0.311 e. The highest BCUT2D eigenvalue weighted by molar-refractivity contribution is 6.28. The average molecular weight is 445 g/mol. The third kappa shape index (κ3) is 2.60. The Kier molecular flexibility index (Phi) is 4.13. The Morgan fingerprint density at radius 3 is 2.41 bits per heavy atom. The summed E-state index contributed by atoms with van der Waals surface area (Å²) in [5.74, 6) is 0. The summed E-state index contributed by atoms with van der Waals surface area (Å²) in [7, 11) is 2.17. The fourth-order valence-electron chi connectivity index (χ4n) is 6.09. The molecule has 0 N–H and O–H groups in total. The summed E-state index contributed by atoms with van der Waals surface area (Å²) in [4.78, 5) is 3.96. The molecule has 0 aliphatic carbocycles. The molecule has 3 heterocycles. The van der Waals surface area contributed by atoms with Gasteiger partial charge in [0.2, 0.25) is 11.1 Å². The molecule has 0 aliphatic rings. The van der Waals surface area contributed by atoms with Crippen molar-refractivity contribution < 1.29 is 4.57 Å². The third-order valence-corrected chi connectivity index (χ3v) is 7.76. The van der Waals surface area contributed by atoms with Crippen molar-refractivity contribution >= 4 is 49.0 Å². The predicted molar refractivity (Wildman–Crippen MR) is 143 cm³/mol. The molecule has 3 heteroatoms. The number of pyridine rings is 2. The van der Waals surface area contributed by atoms with Crippen molar-refractivity contribution in [2.75, 3.05) is 0 Å². The molecule has 0 saturated carbocycles. The van der Waals surface area contributed by atoms with Crippen LogP contribution in [0.1, 0.15) is 41.7 Å². The van der Waals surface area contributed by atoms with Gasteiger partial charge in [0.15, 0.2) is 6.20 Å². The average Bonchev–Trinajstić information content (AvgIpc) is 3.12. The molecule has 0 amide bonds. The molecule has 0 spiro atoms.